The monoisotopic (exact) mass is 218 g/mol. The average molecular weight is 218 g/mol. The van der Waals surface area contributed by atoms with Crippen LogP contribution in [-0.4, -0.2) is 40.6 Å². The molecule has 0 saturated carbocycles. The zero-order chi connectivity index (χ0) is 11.8. The molecule has 0 rings (SSSR count). The first-order valence-corrected chi connectivity index (χ1v) is 4.45. The van der Waals surface area contributed by atoms with E-state index in [-0.39, 0.29) is 6.42 Å². The van der Waals surface area contributed by atoms with Crippen molar-refractivity contribution in [3.63, 3.8) is 0 Å². The molecule has 7 heteroatoms. The fraction of sp³-hybridized carbons (Fsp3) is 0.625. The minimum absolute atomic E-state index is 0.172. The molecule has 0 aliphatic rings. The largest absolute Gasteiger partial charge is 0.480 e. The number of carboxylic acids is 2. The lowest BCUT2D eigenvalue weighted by molar-refractivity contribution is -0.152. The molecule has 0 spiro atoms. The van der Waals surface area contributed by atoms with Gasteiger partial charge in [-0.15, -0.1) is 0 Å². The summed E-state index contributed by atoms with van der Waals surface area (Å²) in [5.41, 5.74) is 5.21. The van der Waals surface area contributed by atoms with Gasteiger partial charge in [0.1, 0.15) is 6.04 Å². The van der Waals surface area contributed by atoms with Crippen LogP contribution in [0.4, 0.5) is 0 Å². The molecule has 15 heavy (non-hydrogen) atoms. The summed E-state index contributed by atoms with van der Waals surface area (Å²) in [6, 6.07) is -1.17. The summed E-state index contributed by atoms with van der Waals surface area (Å²) in [5, 5.41) is 18.8. The molecule has 0 aliphatic heterocycles. The molecule has 0 radical (unpaired) electrons. The summed E-state index contributed by atoms with van der Waals surface area (Å²) in [5.74, 6) is -4.25. The summed E-state index contributed by atoms with van der Waals surface area (Å²) in [4.78, 5) is 31.5. The highest BCUT2D eigenvalue weighted by atomic mass is 16.4. The highest BCUT2D eigenvalue weighted by molar-refractivity contribution is 6.31. The van der Waals surface area contributed by atoms with Crippen molar-refractivity contribution in [2.75, 3.05) is 6.54 Å². The second-order valence-electron chi connectivity index (χ2n) is 2.95. The zero-order valence-corrected chi connectivity index (χ0v) is 8.10. The highest BCUT2D eigenvalue weighted by Gasteiger charge is 2.22. The molecule has 0 aliphatic carbocycles. The number of nitrogens with one attached hydrogen (secondary N) is 1. The molecule has 1 amide bonds. The van der Waals surface area contributed by atoms with Crippen LogP contribution in [0, 0.1) is 0 Å². The molecular weight excluding hydrogens is 204 g/mol. The van der Waals surface area contributed by atoms with Crippen molar-refractivity contribution in [2.24, 2.45) is 5.73 Å². The highest BCUT2D eigenvalue weighted by Crippen LogP contribution is 2.00. The standard InChI is InChI=1S/C8H14N2O5/c9-4-2-1-3-5(7(12)13)10-6(11)8(14)15/h5H,1-4,9H2,(H,10,11)(H,12,13)(H,14,15). The number of amides is 1. The molecule has 0 aromatic carbocycles. The lowest BCUT2D eigenvalue weighted by Gasteiger charge is -2.12. The first-order valence-electron chi connectivity index (χ1n) is 4.45. The van der Waals surface area contributed by atoms with Crippen molar-refractivity contribution in [2.45, 2.75) is 25.3 Å². The van der Waals surface area contributed by atoms with Gasteiger partial charge >= 0.3 is 17.8 Å². The predicted octanol–water partition coefficient (Wildman–Crippen LogP) is -1.23. The smallest absolute Gasteiger partial charge is 0.394 e. The first kappa shape index (κ1) is 13.4. The summed E-state index contributed by atoms with van der Waals surface area (Å²) >= 11 is 0. The van der Waals surface area contributed by atoms with Gasteiger partial charge in [0.05, 0.1) is 0 Å². The molecule has 0 fully saturated rings. The number of carbonyl (C=O) groups is 3. The van der Waals surface area contributed by atoms with Crippen LogP contribution in [0.2, 0.25) is 0 Å². The van der Waals surface area contributed by atoms with Crippen molar-refractivity contribution in [1.29, 1.82) is 0 Å². The molecule has 86 valence electrons. The van der Waals surface area contributed by atoms with E-state index >= 15 is 0 Å². The number of unbranched alkanes of at least 4 members (excludes halogenated alkanes) is 1. The lowest BCUT2D eigenvalue weighted by Crippen LogP contribution is -2.43. The molecule has 1 unspecified atom stereocenters. The molecule has 0 aromatic heterocycles. The van der Waals surface area contributed by atoms with Gasteiger partial charge in [0.2, 0.25) is 0 Å². The van der Waals surface area contributed by atoms with E-state index in [0.29, 0.717) is 19.4 Å². The molecule has 1 atom stereocenters. The van der Waals surface area contributed by atoms with Crippen LogP contribution in [0.25, 0.3) is 0 Å². The normalized spacial score (nSPS) is 11.8. The van der Waals surface area contributed by atoms with E-state index in [4.69, 9.17) is 15.9 Å². The van der Waals surface area contributed by atoms with E-state index in [9.17, 15) is 14.4 Å². The van der Waals surface area contributed by atoms with E-state index in [1.54, 1.807) is 0 Å². The number of rotatable bonds is 6. The van der Waals surface area contributed by atoms with E-state index in [1.165, 1.54) is 0 Å². The molecule has 5 N–H and O–H groups in total. The fourth-order valence-corrected chi connectivity index (χ4v) is 0.970. The van der Waals surface area contributed by atoms with Crippen LogP contribution in [0.3, 0.4) is 0 Å². The van der Waals surface area contributed by atoms with Crippen molar-refractivity contribution < 1.29 is 24.6 Å². The maximum Gasteiger partial charge on any atom is 0.394 e. The van der Waals surface area contributed by atoms with Crippen LogP contribution < -0.4 is 11.1 Å². The van der Waals surface area contributed by atoms with Gasteiger partial charge in [-0.2, -0.15) is 0 Å². The summed E-state index contributed by atoms with van der Waals surface area (Å²) in [7, 11) is 0. The Balaban J connectivity index is 4.10. The maximum atomic E-state index is 10.7. The third-order valence-electron chi connectivity index (χ3n) is 1.74. The molecular formula is C8H14N2O5. The van der Waals surface area contributed by atoms with E-state index in [2.05, 4.69) is 0 Å². The Morgan fingerprint density at radius 1 is 1.20 bits per heavy atom. The Bertz CT molecular complexity index is 253. The third-order valence-corrected chi connectivity index (χ3v) is 1.74. The lowest BCUT2D eigenvalue weighted by atomic mass is 10.1. The van der Waals surface area contributed by atoms with Gasteiger partial charge in [-0.3, -0.25) is 4.79 Å². The summed E-state index contributed by atoms with van der Waals surface area (Å²) < 4.78 is 0. The van der Waals surface area contributed by atoms with Crippen LogP contribution in [0.5, 0.6) is 0 Å². The predicted molar refractivity (Wildman–Crippen MR) is 50.1 cm³/mol. The molecule has 7 nitrogen and oxygen atoms in total. The molecule has 0 bridgehead atoms. The second-order valence-corrected chi connectivity index (χ2v) is 2.95. The fourth-order valence-electron chi connectivity index (χ4n) is 0.970. The van der Waals surface area contributed by atoms with Gasteiger partial charge in [-0.1, -0.05) is 0 Å². The number of nitrogens with two attached hydrogens (primary N) is 1. The van der Waals surface area contributed by atoms with Gasteiger partial charge in [0, 0.05) is 0 Å². The quantitative estimate of drug-likeness (QED) is 0.326. The van der Waals surface area contributed by atoms with Gasteiger partial charge < -0.3 is 21.3 Å². The van der Waals surface area contributed by atoms with Crippen LogP contribution in [-0.2, 0) is 14.4 Å². The molecule has 0 heterocycles. The van der Waals surface area contributed by atoms with E-state index < -0.39 is 23.9 Å². The maximum absolute atomic E-state index is 10.7. The molecule has 0 saturated heterocycles. The van der Waals surface area contributed by atoms with Crippen LogP contribution >= 0.6 is 0 Å². The van der Waals surface area contributed by atoms with Crippen molar-refractivity contribution in [1.82, 2.24) is 5.32 Å². The Morgan fingerprint density at radius 2 is 1.80 bits per heavy atom. The Kier molecular flexibility index (Phi) is 6.03. The number of hydrogen-bond donors (Lipinski definition) is 4. The van der Waals surface area contributed by atoms with Crippen LogP contribution in [0.15, 0.2) is 0 Å². The van der Waals surface area contributed by atoms with E-state index in [1.807, 2.05) is 5.32 Å². The molecule has 0 aromatic rings. The van der Waals surface area contributed by atoms with Gasteiger partial charge in [-0.05, 0) is 25.8 Å². The van der Waals surface area contributed by atoms with Crippen molar-refractivity contribution >= 4 is 17.8 Å². The Hall–Kier alpha value is -1.63. The summed E-state index contributed by atoms with van der Waals surface area (Å²) in [6.07, 6.45) is 1.33. The minimum Gasteiger partial charge on any atom is -0.480 e. The van der Waals surface area contributed by atoms with Crippen LogP contribution in [0.1, 0.15) is 19.3 Å². The topological polar surface area (TPSA) is 130 Å². The second kappa shape index (κ2) is 6.77. The van der Waals surface area contributed by atoms with Gasteiger partial charge in [0.25, 0.3) is 0 Å². The Morgan fingerprint density at radius 3 is 2.20 bits per heavy atom. The number of aliphatic carboxylic acids is 2. The Labute approximate surface area is 86.3 Å². The SMILES string of the molecule is NCCCCC(NC(=O)C(=O)O)C(=O)O. The zero-order valence-electron chi connectivity index (χ0n) is 8.10. The van der Waals surface area contributed by atoms with Gasteiger partial charge in [-0.25, -0.2) is 9.59 Å². The first-order chi connectivity index (χ1) is 6.99. The van der Waals surface area contributed by atoms with Crippen molar-refractivity contribution in [3.8, 4) is 0 Å². The number of hydrogen-bond acceptors (Lipinski definition) is 4. The third kappa shape index (κ3) is 5.63. The van der Waals surface area contributed by atoms with Gasteiger partial charge in [0.15, 0.2) is 0 Å². The van der Waals surface area contributed by atoms with Crippen molar-refractivity contribution in [3.05, 3.63) is 0 Å². The average Bonchev–Trinajstić information content (AvgIpc) is 2.15. The minimum atomic E-state index is -1.69. The summed E-state index contributed by atoms with van der Waals surface area (Å²) in [6.45, 7) is 0.430. The van der Waals surface area contributed by atoms with E-state index in [0.717, 1.165) is 0 Å². The number of carbonyl (C=O) groups excluding carboxylic acids is 1. The number of carboxylic acid groups (broad SMARTS) is 2.